The summed E-state index contributed by atoms with van der Waals surface area (Å²) in [5.74, 6) is -1.92. The summed E-state index contributed by atoms with van der Waals surface area (Å²) in [6.45, 7) is 5.72. The first-order valence-electron chi connectivity index (χ1n) is 10.0. The molecule has 5 heteroatoms. The molecule has 1 amide bonds. The van der Waals surface area contributed by atoms with Gasteiger partial charge in [-0.15, -0.1) is 0 Å². The van der Waals surface area contributed by atoms with Gasteiger partial charge >= 0.3 is 0 Å². The fourth-order valence-electron chi connectivity index (χ4n) is 3.90. The Hall–Kier alpha value is -3.86. The number of phenols is 1. The summed E-state index contributed by atoms with van der Waals surface area (Å²) in [5.41, 5.74) is 4.21. The smallest absolute Gasteiger partial charge is 0.300 e. The molecule has 1 heterocycles. The van der Waals surface area contributed by atoms with Gasteiger partial charge < -0.3 is 10.2 Å². The van der Waals surface area contributed by atoms with Crippen molar-refractivity contribution in [2.75, 3.05) is 4.90 Å². The lowest BCUT2D eigenvalue weighted by molar-refractivity contribution is -0.132. The first-order chi connectivity index (χ1) is 14.8. The van der Waals surface area contributed by atoms with Gasteiger partial charge in [-0.25, -0.2) is 0 Å². The molecule has 3 aromatic carbocycles. The van der Waals surface area contributed by atoms with Crippen molar-refractivity contribution in [2.24, 2.45) is 0 Å². The molecule has 0 saturated carbocycles. The maximum Gasteiger partial charge on any atom is 0.300 e. The molecule has 1 aliphatic rings. The molecule has 0 bridgehead atoms. The van der Waals surface area contributed by atoms with Gasteiger partial charge in [-0.1, -0.05) is 48.5 Å². The van der Waals surface area contributed by atoms with Gasteiger partial charge in [0.05, 0.1) is 17.3 Å². The number of phenolic OH excluding ortho intramolecular Hbond substituents is 1. The van der Waals surface area contributed by atoms with E-state index in [-0.39, 0.29) is 22.8 Å². The van der Waals surface area contributed by atoms with E-state index in [0.717, 1.165) is 16.7 Å². The van der Waals surface area contributed by atoms with Crippen molar-refractivity contribution >= 4 is 23.1 Å². The molecule has 1 atom stereocenters. The minimum Gasteiger partial charge on any atom is -0.507 e. The van der Waals surface area contributed by atoms with Crippen molar-refractivity contribution in [1.29, 1.82) is 0 Å². The van der Waals surface area contributed by atoms with E-state index in [1.165, 1.54) is 11.0 Å². The Bertz CT molecular complexity index is 1230. The van der Waals surface area contributed by atoms with Crippen LogP contribution >= 0.6 is 0 Å². The molecule has 1 saturated heterocycles. The van der Waals surface area contributed by atoms with Crippen LogP contribution in [0.1, 0.15) is 33.9 Å². The van der Waals surface area contributed by atoms with Gasteiger partial charge in [-0.05, 0) is 61.2 Å². The quantitative estimate of drug-likeness (QED) is 0.362. The molecule has 0 aromatic heterocycles. The number of anilines is 1. The van der Waals surface area contributed by atoms with Crippen molar-refractivity contribution in [3.63, 3.8) is 0 Å². The number of amides is 1. The molecule has 31 heavy (non-hydrogen) atoms. The molecule has 0 spiro atoms. The van der Waals surface area contributed by atoms with Gasteiger partial charge in [0.15, 0.2) is 0 Å². The van der Waals surface area contributed by atoms with Crippen molar-refractivity contribution in [1.82, 2.24) is 0 Å². The number of aliphatic hydroxyl groups is 1. The number of hydrogen-bond acceptors (Lipinski definition) is 4. The van der Waals surface area contributed by atoms with Crippen LogP contribution in [0, 0.1) is 20.8 Å². The van der Waals surface area contributed by atoms with Crippen molar-refractivity contribution in [3.05, 3.63) is 100 Å². The van der Waals surface area contributed by atoms with Crippen LogP contribution in [0.15, 0.2) is 72.3 Å². The number of ketones is 1. The summed E-state index contributed by atoms with van der Waals surface area (Å²) in [5, 5.41) is 21.7. The van der Waals surface area contributed by atoms with E-state index in [4.69, 9.17) is 0 Å². The zero-order chi connectivity index (χ0) is 22.3. The predicted molar refractivity (Wildman–Crippen MR) is 120 cm³/mol. The van der Waals surface area contributed by atoms with Crippen LogP contribution in [0.5, 0.6) is 5.75 Å². The molecule has 1 fully saturated rings. The third kappa shape index (κ3) is 3.48. The largest absolute Gasteiger partial charge is 0.507 e. The standard InChI is InChI=1S/C26H23NO4/c1-15-9-12-21(28)20(13-15)27-23(18-7-5-4-6-8-18)22(25(30)26(27)31)24(29)19-11-10-16(2)17(3)14-19/h4-14,23,28-29H,1-3H3/b24-22-. The lowest BCUT2D eigenvalue weighted by Gasteiger charge is -2.26. The molecular weight excluding hydrogens is 390 g/mol. The lowest BCUT2D eigenvalue weighted by Crippen LogP contribution is -2.29. The van der Waals surface area contributed by atoms with E-state index in [1.54, 1.807) is 36.4 Å². The molecule has 0 radical (unpaired) electrons. The fourth-order valence-corrected chi connectivity index (χ4v) is 3.90. The second-order valence-corrected chi connectivity index (χ2v) is 7.87. The summed E-state index contributed by atoms with van der Waals surface area (Å²) in [4.78, 5) is 27.6. The number of hydrogen-bond donors (Lipinski definition) is 2. The molecule has 156 valence electrons. The maximum absolute atomic E-state index is 13.1. The normalized spacial score (nSPS) is 17.9. The Morgan fingerprint density at radius 2 is 1.58 bits per heavy atom. The second kappa shape index (κ2) is 7.76. The van der Waals surface area contributed by atoms with Gasteiger partial charge in [0, 0.05) is 5.56 Å². The van der Waals surface area contributed by atoms with Gasteiger partial charge in [-0.3, -0.25) is 14.5 Å². The van der Waals surface area contributed by atoms with Gasteiger partial charge in [0.2, 0.25) is 0 Å². The molecule has 1 aliphatic heterocycles. The summed E-state index contributed by atoms with van der Waals surface area (Å²) in [7, 11) is 0. The average Bonchev–Trinajstić information content (AvgIpc) is 3.02. The number of aromatic hydroxyl groups is 1. The van der Waals surface area contributed by atoms with Gasteiger partial charge in [-0.2, -0.15) is 0 Å². The van der Waals surface area contributed by atoms with E-state index >= 15 is 0 Å². The van der Waals surface area contributed by atoms with Crippen molar-refractivity contribution < 1.29 is 19.8 Å². The summed E-state index contributed by atoms with van der Waals surface area (Å²) >= 11 is 0. The van der Waals surface area contributed by atoms with E-state index in [1.807, 2.05) is 45.0 Å². The number of Topliss-reactive ketones (excluding diaryl/α,β-unsaturated/α-hetero) is 1. The maximum atomic E-state index is 13.1. The predicted octanol–water partition coefficient (Wildman–Crippen LogP) is 4.94. The van der Waals surface area contributed by atoms with E-state index in [9.17, 15) is 19.8 Å². The van der Waals surface area contributed by atoms with Gasteiger partial charge in [0.1, 0.15) is 11.5 Å². The number of carbonyl (C=O) groups excluding carboxylic acids is 2. The van der Waals surface area contributed by atoms with Crippen LogP contribution in [0.3, 0.4) is 0 Å². The Kier molecular flexibility index (Phi) is 5.11. The summed E-state index contributed by atoms with van der Waals surface area (Å²) in [6, 6.07) is 18.5. The molecule has 2 N–H and O–H groups in total. The highest BCUT2D eigenvalue weighted by molar-refractivity contribution is 6.51. The molecule has 4 rings (SSSR count). The molecule has 0 aliphatic carbocycles. The van der Waals surface area contributed by atoms with E-state index in [2.05, 4.69) is 0 Å². The zero-order valence-electron chi connectivity index (χ0n) is 17.6. The molecule has 3 aromatic rings. The second-order valence-electron chi connectivity index (χ2n) is 7.87. The average molecular weight is 413 g/mol. The number of nitrogens with zero attached hydrogens (tertiary/aromatic N) is 1. The van der Waals surface area contributed by atoms with Crippen LogP contribution in [0.4, 0.5) is 5.69 Å². The van der Waals surface area contributed by atoms with Crippen LogP contribution in [0.25, 0.3) is 5.76 Å². The molecule has 5 nitrogen and oxygen atoms in total. The highest BCUT2D eigenvalue weighted by atomic mass is 16.3. The summed E-state index contributed by atoms with van der Waals surface area (Å²) < 4.78 is 0. The monoisotopic (exact) mass is 413 g/mol. The van der Waals surface area contributed by atoms with E-state index in [0.29, 0.717) is 11.1 Å². The minimum absolute atomic E-state index is 0.000333. The van der Waals surface area contributed by atoms with E-state index < -0.39 is 17.7 Å². The van der Waals surface area contributed by atoms with Gasteiger partial charge in [0.25, 0.3) is 11.7 Å². The Morgan fingerprint density at radius 3 is 2.26 bits per heavy atom. The number of carbonyl (C=O) groups is 2. The minimum atomic E-state index is -0.865. The van der Waals surface area contributed by atoms with Crippen molar-refractivity contribution in [3.8, 4) is 5.75 Å². The Morgan fingerprint density at radius 1 is 0.871 bits per heavy atom. The SMILES string of the molecule is Cc1ccc(O)c(N2C(=O)C(=O)/C(=C(\O)c3ccc(C)c(C)c3)C2c2ccccc2)c1. The number of rotatable bonds is 3. The van der Waals surface area contributed by atoms with Crippen LogP contribution in [-0.2, 0) is 9.59 Å². The fraction of sp³-hybridized carbons (Fsp3) is 0.154. The Balaban J connectivity index is 1.98. The number of benzene rings is 3. The van der Waals surface area contributed by atoms with Crippen LogP contribution < -0.4 is 4.90 Å². The topological polar surface area (TPSA) is 77.8 Å². The first-order valence-corrected chi connectivity index (χ1v) is 10.0. The molecular formula is C26H23NO4. The highest BCUT2D eigenvalue weighted by Gasteiger charge is 2.47. The zero-order valence-corrected chi connectivity index (χ0v) is 17.6. The van der Waals surface area contributed by atoms with Crippen LogP contribution in [0.2, 0.25) is 0 Å². The molecule has 1 unspecified atom stereocenters. The first kappa shape index (κ1) is 20.4. The van der Waals surface area contributed by atoms with Crippen molar-refractivity contribution in [2.45, 2.75) is 26.8 Å². The van der Waals surface area contributed by atoms with Crippen LogP contribution in [-0.4, -0.2) is 21.9 Å². The summed E-state index contributed by atoms with van der Waals surface area (Å²) in [6.07, 6.45) is 0. The number of aryl methyl sites for hydroxylation is 3. The third-order valence-corrected chi connectivity index (χ3v) is 5.73. The third-order valence-electron chi connectivity index (χ3n) is 5.73. The lowest BCUT2D eigenvalue weighted by atomic mass is 9.94. The Labute approximate surface area is 180 Å². The number of aliphatic hydroxyl groups excluding tert-OH is 1. The highest BCUT2D eigenvalue weighted by Crippen LogP contribution is 2.44.